The monoisotopic (exact) mass is 340 g/mol. The fraction of sp³-hybridized carbons (Fsp3) is 0.375. The van der Waals surface area contributed by atoms with Gasteiger partial charge in [0.25, 0.3) is 0 Å². The molecule has 1 unspecified atom stereocenters. The number of guanidine groups is 1. The number of hydrogen-bond donors (Lipinski definition) is 4. The van der Waals surface area contributed by atoms with E-state index in [0.717, 1.165) is 25.0 Å². The minimum Gasteiger partial charge on any atom is -0.370 e. The number of carbonyl (C=O) groups excluding carboxylic acids is 1. The zero-order chi connectivity index (χ0) is 17.7. The molecule has 1 aromatic rings. The van der Waals surface area contributed by atoms with Gasteiger partial charge in [-0.2, -0.15) is 13.2 Å². The number of benzene rings is 1. The van der Waals surface area contributed by atoms with Crippen LogP contribution in [0.4, 0.5) is 13.2 Å². The average molecular weight is 340 g/mol. The predicted octanol–water partition coefficient (Wildman–Crippen LogP) is 2.24. The molecule has 0 aromatic heterocycles. The van der Waals surface area contributed by atoms with Crippen LogP contribution in [0.25, 0.3) is 6.08 Å². The number of halogens is 3. The summed E-state index contributed by atoms with van der Waals surface area (Å²) in [6.45, 7) is 0.555. The minimum atomic E-state index is -4.37. The molecule has 5 nitrogen and oxygen atoms in total. The Labute approximate surface area is 137 Å². The lowest BCUT2D eigenvalue weighted by Crippen LogP contribution is -2.32. The van der Waals surface area contributed by atoms with E-state index >= 15 is 0 Å². The van der Waals surface area contributed by atoms with E-state index in [4.69, 9.17) is 11.1 Å². The van der Waals surface area contributed by atoms with E-state index in [2.05, 4.69) is 10.6 Å². The van der Waals surface area contributed by atoms with E-state index < -0.39 is 11.7 Å². The average Bonchev–Trinajstić information content (AvgIpc) is 2.83. The maximum Gasteiger partial charge on any atom is 0.416 e. The van der Waals surface area contributed by atoms with E-state index in [-0.39, 0.29) is 17.9 Å². The second kappa shape index (κ2) is 7.37. The molecule has 2 rings (SSSR count). The molecule has 0 saturated carbocycles. The second-order valence-electron chi connectivity index (χ2n) is 5.65. The molecule has 1 saturated heterocycles. The summed E-state index contributed by atoms with van der Waals surface area (Å²) in [5.74, 6) is -0.284. The van der Waals surface area contributed by atoms with Gasteiger partial charge in [0, 0.05) is 18.2 Å². The summed E-state index contributed by atoms with van der Waals surface area (Å²) < 4.78 is 37.6. The Hall–Kier alpha value is -2.51. The summed E-state index contributed by atoms with van der Waals surface area (Å²) in [5, 5.41) is 12.6. The molecular formula is C16H19F3N4O. The molecule has 1 aliphatic rings. The number of alkyl halides is 3. The quantitative estimate of drug-likeness (QED) is 0.287. The molecule has 130 valence electrons. The van der Waals surface area contributed by atoms with Gasteiger partial charge in [0.05, 0.1) is 5.56 Å². The van der Waals surface area contributed by atoms with Crippen LogP contribution >= 0.6 is 0 Å². The summed E-state index contributed by atoms with van der Waals surface area (Å²) in [5.41, 5.74) is 5.58. The van der Waals surface area contributed by atoms with Crippen molar-refractivity contribution in [2.24, 2.45) is 5.73 Å². The van der Waals surface area contributed by atoms with Gasteiger partial charge in [-0.05, 0) is 43.0 Å². The van der Waals surface area contributed by atoms with Crippen LogP contribution in [0.3, 0.4) is 0 Å². The standard InChI is InChI=1S/C16H19F3N4O/c17-16(18,19)12-5-3-10(4-6-12)8-11-9-13(23-14(11)24)2-1-7-22-15(20)21/h3-6,8,13H,1-2,7,9H2,(H,23,24)(H4,20,21,22)/b11-8+. The maximum absolute atomic E-state index is 12.5. The van der Waals surface area contributed by atoms with E-state index in [0.29, 0.717) is 24.1 Å². The molecule has 0 radical (unpaired) electrons. The molecule has 8 heteroatoms. The lowest BCUT2D eigenvalue weighted by Gasteiger charge is -2.09. The zero-order valence-electron chi connectivity index (χ0n) is 12.9. The lowest BCUT2D eigenvalue weighted by molar-refractivity contribution is -0.137. The van der Waals surface area contributed by atoms with Crippen LogP contribution in [0.1, 0.15) is 30.4 Å². The van der Waals surface area contributed by atoms with Gasteiger partial charge in [-0.1, -0.05) is 12.1 Å². The van der Waals surface area contributed by atoms with Gasteiger partial charge in [-0.3, -0.25) is 10.2 Å². The van der Waals surface area contributed by atoms with Gasteiger partial charge in [0.1, 0.15) is 0 Å². The Balaban J connectivity index is 1.93. The normalized spacial score (nSPS) is 19.4. The van der Waals surface area contributed by atoms with E-state index in [1.165, 1.54) is 12.1 Å². The minimum absolute atomic E-state index is 0.00745. The topological polar surface area (TPSA) is 91.0 Å². The van der Waals surface area contributed by atoms with E-state index in [9.17, 15) is 18.0 Å². The van der Waals surface area contributed by atoms with Crippen molar-refractivity contribution in [3.8, 4) is 0 Å². The van der Waals surface area contributed by atoms with Crippen LogP contribution in [-0.4, -0.2) is 24.5 Å². The van der Waals surface area contributed by atoms with Crippen LogP contribution in [0, 0.1) is 5.41 Å². The Bertz CT molecular complexity index is 638. The third kappa shape index (κ3) is 5.00. The zero-order valence-corrected chi connectivity index (χ0v) is 12.9. The lowest BCUT2D eigenvalue weighted by atomic mass is 10.0. The van der Waals surface area contributed by atoms with Crippen molar-refractivity contribution in [3.05, 3.63) is 41.0 Å². The number of nitrogens with one attached hydrogen (secondary N) is 3. The highest BCUT2D eigenvalue weighted by molar-refractivity contribution is 6.00. The first-order valence-corrected chi connectivity index (χ1v) is 7.52. The van der Waals surface area contributed by atoms with Crippen molar-refractivity contribution < 1.29 is 18.0 Å². The van der Waals surface area contributed by atoms with Crippen LogP contribution in [-0.2, 0) is 11.0 Å². The van der Waals surface area contributed by atoms with Gasteiger partial charge in [-0.25, -0.2) is 0 Å². The molecule has 5 N–H and O–H groups in total. The highest BCUT2D eigenvalue weighted by atomic mass is 19.4. The number of hydrogen-bond acceptors (Lipinski definition) is 2. The van der Waals surface area contributed by atoms with Gasteiger partial charge >= 0.3 is 6.18 Å². The second-order valence-corrected chi connectivity index (χ2v) is 5.65. The Morgan fingerprint density at radius 2 is 2.04 bits per heavy atom. The van der Waals surface area contributed by atoms with Gasteiger partial charge in [-0.15, -0.1) is 0 Å². The first-order valence-electron chi connectivity index (χ1n) is 7.52. The van der Waals surface area contributed by atoms with Gasteiger partial charge < -0.3 is 16.4 Å². The van der Waals surface area contributed by atoms with Crippen LogP contribution in [0.5, 0.6) is 0 Å². The Kier molecular flexibility index (Phi) is 5.48. The molecule has 0 bridgehead atoms. The summed E-state index contributed by atoms with van der Waals surface area (Å²) in [6.07, 6.45) is -0.743. The largest absolute Gasteiger partial charge is 0.416 e. The third-order valence-electron chi connectivity index (χ3n) is 3.72. The Morgan fingerprint density at radius 3 is 2.62 bits per heavy atom. The van der Waals surface area contributed by atoms with Crippen LogP contribution in [0.2, 0.25) is 0 Å². The first kappa shape index (κ1) is 17.8. The van der Waals surface area contributed by atoms with Crippen molar-refractivity contribution in [2.45, 2.75) is 31.5 Å². The van der Waals surface area contributed by atoms with Gasteiger partial charge in [0.15, 0.2) is 5.96 Å². The van der Waals surface area contributed by atoms with Crippen molar-refractivity contribution in [2.75, 3.05) is 6.54 Å². The summed E-state index contributed by atoms with van der Waals surface area (Å²) in [4.78, 5) is 11.9. The number of rotatable bonds is 5. The molecule has 1 heterocycles. The molecule has 24 heavy (non-hydrogen) atoms. The smallest absolute Gasteiger partial charge is 0.370 e. The van der Waals surface area contributed by atoms with Crippen molar-refractivity contribution in [1.82, 2.24) is 10.6 Å². The molecule has 1 aliphatic heterocycles. The van der Waals surface area contributed by atoms with E-state index in [1.54, 1.807) is 6.08 Å². The molecule has 0 spiro atoms. The van der Waals surface area contributed by atoms with Crippen LogP contribution < -0.4 is 16.4 Å². The molecule has 1 fully saturated rings. The highest BCUT2D eigenvalue weighted by Gasteiger charge is 2.30. The highest BCUT2D eigenvalue weighted by Crippen LogP contribution is 2.29. The van der Waals surface area contributed by atoms with Crippen LogP contribution in [0.15, 0.2) is 29.8 Å². The summed E-state index contributed by atoms with van der Waals surface area (Å²) in [6, 6.07) is 4.71. The first-order chi connectivity index (χ1) is 11.3. The number of carbonyl (C=O) groups is 1. The summed E-state index contributed by atoms with van der Waals surface area (Å²) in [7, 11) is 0. The van der Waals surface area contributed by atoms with E-state index in [1.807, 2.05) is 0 Å². The van der Waals surface area contributed by atoms with Crippen molar-refractivity contribution in [3.63, 3.8) is 0 Å². The van der Waals surface area contributed by atoms with Gasteiger partial charge in [0.2, 0.25) is 5.91 Å². The maximum atomic E-state index is 12.5. The number of amides is 1. The molecule has 1 amide bonds. The number of nitrogens with two attached hydrogens (primary N) is 1. The van der Waals surface area contributed by atoms with Crippen molar-refractivity contribution >= 4 is 17.9 Å². The Morgan fingerprint density at radius 1 is 1.38 bits per heavy atom. The molecular weight excluding hydrogens is 321 g/mol. The summed E-state index contributed by atoms with van der Waals surface area (Å²) >= 11 is 0. The fourth-order valence-corrected chi connectivity index (χ4v) is 2.53. The third-order valence-corrected chi connectivity index (χ3v) is 3.72. The fourth-order valence-electron chi connectivity index (χ4n) is 2.53. The molecule has 0 aliphatic carbocycles. The molecule has 1 atom stereocenters. The predicted molar refractivity (Wildman–Crippen MR) is 85.1 cm³/mol. The SMILES string of the molecule is N=C(N)NCCCC1C/C(=C\c2ccc(C(F)(F)F)cc2)C(=O)N1. The molecule has 1 aromatic carbocycles. The van der Waals surface area contributed by atoms with Crippen molar-refractivity contribution in [1.29, 1.82) is 5.41 Å².